The molecule has 122 valence electrons. The number of rotatable bonds is 5. The zero-order valence-corrected chi connectivity index (χ0v) is 13.4. The summed E-state index contributed by atoms with van der Waals surface area (Å²) < 4.78 is 37.3. The summed E-state index contributed by atoms with van der Waals surface area (Å²) in [5.74, 6) is -0.484. The molecule has 1 aliphatic heterocycles. The van der Waals surface area contributed by atoms with Crippen molar-refractivity contribution in [1.29, 1.82) is 0 Å². The third-order valence-corrected chi connectivity index (χ3v) is 5.49. The van der Waals surface area contributed by atoms with Gasteiger partial charge in [-0.1, -0.05) is 6.92 Å². The molecule has 1 heterocycles. The Hall–Kier alpha value is -1.64. The number of benzene rings is 1. The second-order valence-corrected chi connectivity index (χ2v) is 6.93. The average Bonchev–Trinajstić information content (AvgIpc) is 2.54. The molecule has 0 spiro atoms. The Balaban J connectivity index is 2.37. The molecule has 1 amide bonds. The van der Waals surface area contributed by atoms with Crippen LogP contribution in [-0.2, 0) is 14.8 Å². The lowest BCUT2D eigenvalue weighted by molar-refractivity contribution is -0.00278. The molecule has 1 atom stereocenters. The maximum atomic E-state index is 12.7. The Morgan fingerprint density at radius 3 is 2.82 bits per heavy atom. The summed E-state index contributed by atoms with van der Waals surface area (Å²) in [6.07, 6.45) is 0.624. The van der Waals surface area contributed by atoms with Gasteiger partial charge in [-0.15, -0.1) is 0 Å². The summed E-state index contributed by atoms with van der Waals surface area (Å²) in [4.78, 5) is 11.5. The third kappa shape index (κ3) is 3.23. The van der Waals surface area contributed by atoms with Crippen LogP contribution in [0.3, 0.4) is 0 Å². The van der Waals surface area contributed by atoms with Crippen molar-refractivity contribution in [1.82, 2.24) is 4.31 Å². The summed E-state index contributed by atoms with van der Waals surface area (Å²) >= 11 is 0. The van der Waals surface area contributed by atoms with E-state index in [9.17, 15) is 13.2 Å². The average molecular weight is 328 g/mol. The molecule has 1 saturated heterocycles. The molecule has 2 rings (SSSR count). The summed E-state index contributed by atoms with van der Waals surface area (Å²) in [7, 11) is -2.30. The molecule has 22 heavy (non-hydrogen) atoms. The number of primary amides is 1. The molecule has 0 aromatic heterocycles. The lowest BCUT2D eigenvalue weighted by atomic mass is 10.2. The molecular weight excluding hydrogens is 308 g/mol. The molecule has 0 bridgehead atoms. The van der Waals surface area contributed by atoms with Gasteiger partial charge in [-0.25, -0.2) is 8.42 Å². The Kier molecular flexibility index (Phi) is 5.05. The maximum absolute atomic E-state index is 12.7. The first-order chi connectivity index (χ1) is 10.4. The van der Waals surface area contributed by atoms with Crippen LogP contribution in [0.25, 0.3) is 0 Å². The largest absolute Gasteiger partial charge is 0.496 e. The smallest absolute Gasteiger partial charge is 0.252 e. The molecule has 8 heteroatoms. The monoisotopic (exact) mass is 328 g/mol. The Labute approximate surface area is 130 Å². The fourth-order valence-corrected chi connectivity index (χ4v) is 3.83. The van der Waals surface area contributed by atoms with Crippen LogP contribution in [0.2, 0.25) is 0 Å². The van der Waals surface area contributed by atoms with Crippen LogP contribution in [0.1, 0.15) is 23.7 Å². The molecule has 7 nitrogen and oxygen atoms in total. The fraction of sp³-hybridized carbons (Fsp3) is 0.500. The molecule has 0 radical (unpaired) electrons. The van der Waals surface area contributed by atoms with Crippen LogP contribution >= 0.6 is 0 Å². The van der Waals surface area contributed by atoms with Gasteiger partial charge in [-0.2, -0.15) is 4.31 Å². The first kappa shape index (κ1) is 16.7. The number of hydrogen-bond acceptors (Lipinski definition) is 5. The van der Waals surface area contributed by atoms with Gasteiger partial charge in [-0.3, -0.25) is 4.79 Å². The van der Waals surface area contributed by atoms with Gasteiger partial charge < -0.3 is 15.2 Å². The number of carbonyl (C=O) groups is 1. The van der Waals surface area contributed by atoms with Gasteiger partial charge in [0.15, 0.2) is 0 Å². The van der Waals surface area contributed by atoms with E-state index in [0.29, 0.717) is 13.2 Å². The predicted molar refractivity (Wildman–Crippen MR) is 80.3 cm³/mol. The summed E-state index contributed by atoms with van der Waals surface area (Å²) in [5, 5.41) is 0. The molecule has 1 aromatic rings. The summed E-state index contributed by atoms with van der Waals surface area (Å²) in [6, 6.07) is 4.11. The predicted octanol–water partition coefficient (Wildman–Crippen LogP) is 0.594. The topological polar surface area (TPSA) is 98.9 Å². The van der Waals surface area contributed by atoms with Crippen LogP contribution in [0.15, 0.2) is 23.1 Å². The van der Waals surface area contributed by atoms with Crippen molar-refractivity contribution in [3.8, 4) is 5.75 Å². The molecule has 1 aromatic carbocycles. The minimum absolute atomic E-state index is 0.0267. The number of nitrogens with zero attached hydrogens (tertiary/aromatic N) is 1. The van der Waals surface area contributed by atoms with E-state index in [0.717, 1.165) is 6.42 Å². The number of methoxy groups -OCH3 is 1. The van der Waals surface area contributed by atoms with E-state index in [2.05, 4.69) is 0 Å². The Morgan fingerprint density at radius 2 is 2.23 bits per heavy atom. The van der Waals surface area contributed by atoms with Gasteiger partial charge in [0.2, 0.25) is 10.0 Å². The minimum atomic E-state index is -3.70. The van der Waals surface area contributed by atoms with Gasteiger partial charge in [0, 0.05) is 13.1 Å². The van der Waals surface area contributed by atoms with Gasteiger partial charge in [-0.05, 0) is 24.6 Å². The van der Waals surface area contributed by atoms with Gasteiger partial charge in [0.05, 0.1) is 30.3 Å². The quantitative estimate of drug-likeness (QED) is 0.853. The molecule has 0 aliphatic carbocycles. The lowest BCUT2D eigenvalue weighted by Gasteiger charge is -2.31. The number of sulfonamides is 1. The Morgan fingerprint density at radius 1 is 1.50 bits per heavy atom. The number of hydrogen-bond donors (Lipinski definition) is 1. The maximum Gasteiger partial charge on any atom is 0.252 e. The van der Waals surface area contributed by atoms with Gasteiger partial charge in [0.25, 0.3) is 5.91 Å². The molecular formula is C14H20N2O5S. The van der Waals surface area contributed by atoms with Crippen molar-refractivity contribution in [2.45, 2.75) is 24.3 Å². The van der Waals surface area contributed by atoms with E-state index in [1.807, 2.05) is 6.92 Å². The van der Waals surface area contributed by atoms with Gasteiger partial charge >= 0.3 is 0 Å². The number of carbonyl (C=O) groups excluding carboxylic acids is 1. The highest BCUT2D eigenvalue weighted by Gasteiger charge is 2.30. The van der Waals surface area contributed by atoms with Crippen LogP contribution in [0.4, 0.5) is 0 Å². The molecule has 1 unspecified atom stereocenters. The van der Waals surface area contributed by atoms with Crippen LogP contribution in [-0.4, -0.2) is 51.5 Å². The highest BCUT2D eigenvalue weighted by Crippen LogP contribution is 2.25. The lowest BCUT2D eigenvalue weighted by Crippen LogP contribution is -2.45. The van der Waals surface area contributed by atoms with Crippen LogP contribution in [0.5, 0.6) is 5.75 Å². The number of morpholine rings is 1. The molecule has 1 aliphatic rings. The first-order valence-corrected chi connectivity index (χ1v) is 8.43. The van der Waals surface area contributed by atoms with Crippen molar-refractivity contribution in [2.24, 2.45) is 5.73 Å². The molecule has 1 fully saturated rings. The molecule has 0 saturated carbocycles. The number of amides is 1. The van der Waals surface area contributed by atoms with E-state index < -0.39 is 15.9 Å². The van der Waals surface area contributed by atoms with E-state index in [-0.39, 0.29) is 28.9 Å². The van der Waals surface area contributed by atoms with E-state index in [1.54, 1.807) is 0 Å². The SMILES string of the molecule is CCC1CN(S(=O)(=O)c2ccc(OC)c(C(N)=O)c2)CCO1. The van der Waals surface area contributed by atoms with E-state index in [1.165, 1.54) is 29.6 Å². The fourth-order valence-electron chi connectivity index (χ4n) is 2.35. The van der Waals surface area contributed by atoms with E-state index in [4.69, 9.17) is 15.2 Å². The van der Waals surface area contributed by atoms with E-state index >= 15 is 0 Å². The highest BCUT2D eigenvalue weighted by atomic mass is 32.2. The molecule has 2 N–H and O–H groups in total. The highest BCUT2D eigenvalue weighted by molar-refractivity contribution is 7.89. The Bertz CT molecular complexity index is 659. The summed E-state index contributed by atoms with van der Waals surface area (Å²) in [6.45, 7) is 2.89. The number of ether oxygens (including phenoxy) is 2. The third-order valence-electron chi connectivity index (χ3n) is 3.63. The van der Waals surface area contributed by atoms with Crippen molar-refractivity contribution < 1.29 is 22.7 Å². The summed E-state index contributed by atoms with van der Waals surface area (Å²) in [5.41, 5.74) is 5.32. The normalized spacial score (nSPS) is 19.8. The van der Waals surface area contributed by atoms with Crippen molar-refractivity contribution in [3.05, 3.63) is 23.8 Å². The zero-order chi connectivity index (χ0) is 16.3. The zero-order valence-electron chi connectivity index (χ0n) is 12.6. The van der Waals surface area contributed by atoms with Gasteiger partial charge in [0.1, 0.15) is 5.75 Å². The van der Waals surface area contributed by atoms with Crippen molar-refractivity contribution in [2.75, 3.05) is 26.8 Å². The van der Waals surface area contributed by atoms with Crippen molar-refractivity contribution >= 4 is 15.9 Å². The first-order valence-electron chi connectivity index (χ1n) is 6.99. The van der Waals surface area contributed by atoms with Crippen LogP contribution in [0, 0.1) is 0 Å². The van der Waals surface area contributed by atoms with Crippen LogP contribution < -0.4 is 10.5 Å². The minimum Gasteiger partial charge on any atom is -0.496 e. The second kappa shape index (κ2) is 6.64. The second-order valence-electron chi connectivity index (χ2n) is 4.99. The number of nitrogens with two attached hydrogens (primary N) is 1. The standard InChI is InChI=1S/C14H20N2O5S/c1-3-10-9-16(6-7-21-10)22(18,19)11-4-5-13(20-2)12(8-11)14(15)17/h4-5,8,10H,3,6-7,9H2,1-2H3,(H2,15,17). The van der Waals surface area contributed by atoms with Crippen molar-refractivity contribution in [3.63, 3.8) is 0 Å².